The van der Waals surface area contributed by atoms with Crippen LogP contribution in [0.2, 0.25) is 0 Å². The van der Waals surface area contributed by atoms with E-state index >= 15 is 0 Å². The zero-order valence-corrected chi connectivity index (χ0v) is 15.7. The van der Waals surface area contributed by atoms with Gasteiger partial charge in [0.05, 0.1) is 12.0 Å². The summed E-state index contributed by atoms with van der Waals surface area (Å²) in [6, 6.07) is 19.1. The number of benzene rings is 2. The maximum absolute atomic E-state index is 4.97. The number of fused-ring (bicyclic) bond motifs is 1. The normalized spacial score (nSPS) is 16.1. The van der Waals surface area contributed by atoms with Crippen molar-refractivity contribution in [2.24, 2.45) is 0 Å². The molecule has 1 atom stereocenters. The molecule has 0 spiro atoms. The van der Waals surface area contributed by atoms with Crippen LogP contribution in [0.25, 0.3) is 5.69 Å². The van der Waals surface area contributed by atoms with Crippen LogP contribution in [0.4, 0.5) is 10.8 Å². The fraction of sp³-hybridized carbons (Fsp3) is 0.182. The van der Waals surface area contributed by atoms with Gasteiger partial charge in [0, 0.05) is 34.6 Å². The van der Waals surface area contributed by atoms with E-state index in [-0.39, 0.29) is 0 Å². The molecule has 134 valence electrons. The molecule has 1 N–H and O–H groups in total. The van der Waals surface area contributed by atoms with Gasteiger partial charge in [0.2, 0.25) is 0 Å². The highest BCUT2D eigenvalue weighted by molar-refractivity contribution is 7.15. The molecule has 0 saturated heterocycles. The van der Waals surface area contributed by atoms with E-state index in [4.69, 9.17) is 4.98 Å². The van der Waals surface area contributed by atoms with Crippen LogP contribution in [0, 0.1) is 0 Å². The molecule has 2 aromatic carbocycles. The molecule has 1 aliphatic rings. The molecule has 0 aliphatic heterocycles. The summed E-state index contributed by atoms with van der Waals surface area (Å²) in [6.07, 6.45) is 9.09. The molecule has 27 heavy (non-hydrogen) atoms. The molecule has 5 rings (SSSR count). The Kier molecular flexibility index (Phi) is 4.22. The summed E-state index contributed by atoms with van der Waals surface area (Å²) >= 11 is 1.79. The number of aryl methyl sites for hydroxylation is 1. The van der Waals surface area contributed by atoms with Gasteiger partial charge >= 0.3 is 0 Å². The quantitative estimate of drug-likeness (QED) is 0.511. The first-order valence-corrected chi connectivity index (χ1v) is 10.1. The third kappa shape index (κ3) is 3.26. The molecular weight excluding hydrogens is 352 g/mol. The first kappa shape index (κ1) is 16.3. The molecular formula is C22H20N4S. The first-order valence-electron chi connectivity index (χ1n) is 9.27. The number of hydrogen-bond acceptors (Lipinski definition) is 4. The van der Waals surface area contributed by atoms with Crippen molar-refractivity contribution in [2.45, 2.75) is 25.2 Å². The fourth-order valence-corrected chi connectivity index (χ4v) is 4.82. The van der Waals surface area contributed by atoms with Crippen molar-refractivity contribution in [3.63, 3.8) is 0 Å². The number of rotatable bonds is 4. The van der Waals surface area contributed by atoms with E-state index in [1.54, 1.807) is 23.9 Å². The van der Waals surface area contributed by atoms with Crippen LogP contribution in [0.1, 0.15) is 34.9 Å². The fourth-order valence-electron chi connectivity index (χ4n) is 3.73. The van der Waals surface area contributed by atoms with Crippen LogP contribution in [0.5, 0.6) is 0 Å². The summed E-state index contributed by atoms with van der Waals surface area (Å²) in [7, 11) is 0. The molecule has 4 nitrogen and oxygen atoms in total. The van der Waals surface area contributed by atoms with E-state index in [2.05, 4.69) is 64.9 Å². The number of anilines is 2. The minimum absolute atomic E-state index is 0.422. The second-order valence-electron chi connectivity index (χ2n) is 6.82. The summed E-state index contributed by atoms with van der Waals surface area (Å²) in [6.45, 7) is 0. The molecule has 5 heteroatoms. The lowest BCUT2D eigenvalue weighted by atomic mass is 9.85. The van der Waals surface area contributed by atoms with E-state index < -0.39 is 0 Å². The maximum atomic E-state index is 4.97. The largest absolute Gasteiger partial charge is 0.332 e. The highest BCUT2D eigenvalue weighted by Gasteiger charge is 2.26. The van der Waals surface area contributed by atoms with Gasteiger partial charge in [0.15, 0.2) is 5.13 Å². The Hall–Kier alpha value is -2.92. The minimum Gasteiger partial charge on any atom is -0.332 e. The van der Waals surface area contributed by atoms with Crippen molar-refractivity contribution in [3.8, 4) is 5.69 Å². The summed E-state index contributed by atoms with van der Waals surface area (Å²) < 4.78 is 2.00. The summed E-state index contributed by atoms with van der Waals surface area (Å²) in [5.41, 5.74) is 4.79. The molecule has 2 aromatic heterocycles. The van der Waals surface area contributed by atoms with Crippen LogP contribution in [-0.2, 0) is 6.42 Å². The number of aromatic nitrogens is 3. The van der Waals surface area contributed by atoms with Gasteiger partial charge in [-0.3, -0.25) is 0 Å². The Balaban J connectivity index is 1.39. The van der Waals surface area contributed by atoms with Crippen molar-refractivity contribution in [2.75, 3.05) is 5.32 Å². The van der Waals surface area contributed by atoms with Gasteiger partial charge in [-0.05, 0) is 49.1 Å². The lowest BCUT2D eigenvalue weighted by Crippen LogP contribution is -2.09. The lowest BCUT2D eigenvalue weighted by Gasteiger charge is -2.21. The van der Waals surface area contributed by atoms with Crippen molar-refractivity contribution in [1.82, 2.24) is 14.5 Å². The van der Waals surface area contributed by atoms with Gasteiger partial charge in [-0.2, -0.15) is 0 Å². The molecule has 2 heterocycles. The van der Waals surface area contributed by atoms with Crippen LogP contribution in [0.15, 0.2) is 73.3 Å². The van der Waals surface area contributed by atoms with Crippen LogP contribution in [0.3, 0.4) is 0 Å². The standard InChI is InChI=1S/C22H20N4S/c1-2-5-16(6-3-1)19-7-4-8-20-21(19)25-22(27-20)24-17-9-11-18(12-10-17)26-14-13-23-15-26/h1-3,5-6,9-15,19H,4,7-8H2,(H,24,25). The number of hydrogen-bond donors (Lipinski definition) is 1. The second-order valence-corrected chi connectivity index (χ2v) is 7.91. The zero-order valence-electron chi connectivity index (χ0n) is 14.9. The van der Waals surface area contributed by atoms with Crippen LogP contribution < -0.4 is 5.32 Å². The second kappa shape index (κ2) is 7.00. The minimum atomic E-state index is 0.422. The van der Waals surface area contributed by atoms with Gasteiger partial charge in [0.1, 0.15) is 0 Å². The summed E-state index contributed by atoms with van der Waals surface area (Å²) in [5, 5.41) is 4.47. The highest BCUT2D eigenvalue weighted by atomic mass is 32.1. The molecule has 0 amide bonds. The molecule has 0 radical (unpaired) electrons. The predicted molar refractivity (Wildman–Crippen MR) is 110 cm³/mol. The Bertz CT molecular complexity index is 1020. The molecule has 1 unspecified atom stereocenters. The average molecular weight is 372 g/mol. The maximum Gasteiger partial charge on any atom is 0.187 e. The molecule has 0 fully saturated rings. The Morgan fingerprint density at radius 3 is 2.67 bits per heavy atom. The van der Waals surface area contributed by atoms with E-state index in [0.29, 0.717) is 5.92 Å². The SMILES string of the molecule is c1ccc(C2CCCc3sc(Nc4ccc(-n5ccnc5)cc4)nc32)cc1. The van der Waals surface area contributed by atoms with Gasteiger partial charge in [-0.15, -0.1) is 11.3 Å². The van der Waals surface area contributed by atoms with E-state index in [0.717, 1.165) is 22.9 Å². The van der Waals surface area contributed by atoms with Crippen LogP contribution in [-0.4, -0.2) is 14.5 Å². The third-order valence-corrected chi connectivity index (χ3v) is 6.12. The van der Waals surface area contributed by atoms with Crippen molar-refractivity contribution in [1.29, 1.82) is 0 Å². The lowest BCUT2D eigenvalue weighted by molar-refractivity contribution is 0.610. The number of nitrogens with zero attached hydrogens (tertiary/aromatic N) is 3. The average Bonchev–Trinajstić information content (AvgIpc) is 3.38. The first-order chi connectivity index (χ1) is 13.4. The Morgan fingerprint density at radius 2 is 1.89 bits per heavy atom. The highest BCUT2D eigenvalue weighted by Crippen LogP contribution is 2.40. The summed E-state index contributed by atoms with van der Waals surface area (Å²) in [4.78, 5) is 10.5. The monoisotopic (exact) mass is 372 g/mol. The third-order valence-electron chi connectivity index (χ3n) is 5.08. The number of thiazole rings is 1. The van der Waals surface area contributed by atoms with Crippen molar-refractivity contribution < 1.29 is 0 Å². The van der Waals surface area contributed by atoms with Gasteiger partial charge in [-0.25, -0.2) is 9.97 Å². The Morgan fingerprint density at radius 1 is 1.04 bits per heavy atom. The molecule has 1 aliphatic carbocycles. The van der Waals surface area contributed by atoms with Crippen molar-refractivity contribution >= 4 is 22.2 Å². The number of nitrogens with one attached hydrogen (secondary N) is 1. The van der Waals surface area contributed by atoms with Gasteiger partial charge in [-0.1, -0.05) is 30.3 Å². The molecule has 4 aromatic rings. The Labute approximate surface area is 162 Å². The summed E-state index contributed by atoms with van der Waals surface area (Å²) in [5.74, 6) is 0.422. The number of imidazole rings is 1. The van der Waals surface area contributed by atoms with Gasteiger partial charge in [0.25, 0.3) is 0 Å². The van der Waals surface area contributed by atoms with Crippen LogP contribution >= 0.6 is 11.3 Å². The zero-order chi connectivity index (χ0) is 18.1. The van der Waals surface area contributed by atoms with Gasteiger partial charge < -0.3 is 9.88 Å². The van der Waals surface area contributed by atoms with E-state index in [9.17, 15) is 0 Å². The van der Waals surface area contributed by atoms with E-state index in [1.165, 1.54) is 29.0 Å². The topological polar surface area (TPSA) is 42.7 Å². The molecule has 0 bridgehead atoms. The van der Waals surface area contributed by atoms with Crippen molar-refractivity contribution in [3.05, 3.63) is 89.5 Å². The van der Waals surface area contributed by atoms with E-state index in [1.807, 2.05) is 10.8 Å². The smallest absolute Gasteiger partial charge is 0.187 e. The molecule has 0 saturated carbocycles. The predicted octanol–water partition coefficient (Wildman–Crippen LogP) is 5.54.